The van der Waals surface area contributed by atoms with Crippen LogP contribution in [0.5, 0.6) is 11.6 Å². The van der Waals surface area contributed by atoms with Crippen molar-refractivity contribution < 1.29 is 4.74 Å². The Balaban J connectivity index is 1.49. The van der Waals surface area contributed by atoms with Crippen molar-refractivity contribution in [2.24, 2.45) is 0 Å². The van der Waals surface area contributed by atoms with E-state index in [1.54, 1.807) is 6.20 Å². The summed E-state index contributed by atoms with van der Waals surface area (Å²) in [7, 11) is -0.698. The Morgan fingerprint density at radius 1 is 0.618 bits per heavy atom. The third-order valence-electron chi connectivity index (χ3n) is 6.08. The number of aryl methyl sites for hydroxylation is 2. The predicted molar refractivity (Wildman–Crippen MR) is 143 cm³/mol. The van der Waals surface area contributed by atoms with Gasteiger partial charge in [0.15, 0.2) is 0 Å². The average molecular weight is 459 g/mol. The van der Waals surface area contributed by atoms with Gasteiger partial charge in [0.2, 0.25) is 5.88 Å². The van der Waals surface area contributed by atoms with E-state index < -0.39 is 7.53 Å². The maximum Gasteiger partial charge on any atom is 0.219 e. The molecule has 0 aliphatic heterocycles. The average Bonchev–Trinajstić information content (AvgIpc) is 3.18. The molecule has 6 aromatic rings. The van der Waals surface area contributed by atoms with Crippen LogP contribution in [0.1, 0.15) is 11.1 Å². The van der Waals surface area contributed by atoms with Crippen LogP contribution >= 0.6 is 7.53 Å². The fourth-order valence-corrected chi connectivity index (χ4v) is 7.11. The van der Waals surface area contributed by atoms with Gasteiger partial charge in [0.25, 0.3) is 0 Å². The molecule has 164 valence electrons. The SMILES string of the molecule is Cc1ccnc(Oc2cccc(-c3ccc4c5ccccc5p(-c5cc(C)ccn5)c4c3)c2)c1. The quantitative estimate of drug-likeness (QED) is 0.265. The first-order valence-electron chi connectivity index (χ1n) is 11.3. The Labute approximate surface area is 199 Å². The molecule has 4 heteroatoms. The highest BCUT2D eigenvalue weighted by atomic mass is 31.1. The second kappa shape index (κ2) is 8.44. The van der Waals surface area contributed by atoms with Crippen LogP contribution in [0.4, 0.5) is 0 Å². The Morgan fingerprint density at radius 3 is 2.24 bits per heavy atom. The number of hydrogen-bond donors (Lipinski definition) is 0. The minimum absolute atomic E-state index is 0.607. The molecule has 0 amide bonds. The summed E-state index contributed by atoms with van der Waals surface area (Å²) in [4.78, 5) is 9.12. The molecule has 0 spiro atoms. The maximum absolute atomic E-state index is 6.05. The smallest absolute Gasteiger partial charge is 0.219 e. The van der Waals surface area contributed by atoms with Crippen molar-refractivity contribution in [1.82, 2.24) is 9.97 Å². The molecular formula is C30H23N2OP. The van der Waals surface area contributed by atoms with Crippen molar-refractivity contribution >= 4 is 28.5 Å². The number of rotatable bonds is 4. The Morgan fingerprint density at radius 2 is 1.38 bits per heavy atom. The zero-order valence-corrected chi connectivity index (χ0v) is 20.0. The molecule has 3 nitrogen and oxygen atoms in total. The number of benzene rings is 3. The number of nitrogens with zero attached hydrogens (tertiary/aromatic N) is 2. The molecule has 3 aromatic heterocycles. The largest absolute Gasteiger partial charge is 0.439 e. The lowest BCUT2D eigenvalue weighted by Gasteiger charge is -2.09. The van der Waals surface area contributed by atoms with Crippen molar-refractivity contribution in [3.05, 3.63) is 115 Å². The van der Waals surface area contributed by atoms with E-state index in [9.17, 15) is 0 Å². The van der Waals surface area contributed by atoms with Gasteiger partial charge >= 0.3 is 0 Å². The first-order valence-corrected chi connectivity index (χ1v) is 12.7. The molecule has 1 atom stereocenters. The molecule has 0 saturated carbocycles. The Hall–Kier alpha value is -3.94. The van der Waals surface area contributed by atoms with Crippen LogP contribution in [0.25, 0.3) is 37.6 Å². The van der Waals surface area contributed by atoms with Gasteiger partial charge in [-0.1, -0.05) is 50.0 Å². The summed E-state index contributed by atoms with van der Waals surface area (Å²) in [6, 6.07) is 32.0. The van der Waals surface area contributed by atoms with Crippen molar-refractivity contribution in [2.75, 3.05) is 0 Å². The van der Waals surface area contributed by atoms with E-state index in [0.717, 1.165) is 22.3 Å². The van der Waals surface area contributed by atoms with E-state index >= 15 is 0 Å². The maximum atomic E-state index is 6.05. The Bertz CT molecular complexity index is 1670. The highest BCUT2D eigenvalue weighted by Gasteiger charge is 2.15. The van der Waals surface area contributed by atoms with Crippen molar-refractivity contribution in [1.29, 1.82) is 0 Å². The summed E-state index contributed by atoms with van der Waals surface area (Å²) in [5.41, 5.74) is 5.81. The van der Waals surface area contributed by atoms with Crippen molar-refractivity contribution in [3.8, 4) is 28.2 Å². The molecule has 1 unspecified atom stereocenters. The minimum Gasteiger partial charge on any atom is -0.439 e. The molecular weight excluding hydrogens is 435 g/mol. The highest BCUT2D eigenvalue weighted by Crippen LogP contribution is 2.55. The lowest BCUT2D eigenvalue weighted by molar-refractivity contribution is 0.462. The standard InChI is InChI=1S/C30H23N2OP/c1-20-12-14-31-29(16-20)33-24-7-5-6-22(18-24)23-10-11-26-25-8-3-4-9-27(25)34(28(26)19-23)30-17-21(2)13-15-32-30/h3-19H,1-2H3. The molecule has 0 radical (unpaired) electrons. The first kappa shape index (κ1) is 20.7. The van der Waals surface area contributed by atoms with Crippen LogP contribution in [0.2, 0.25) is 0 Å². The lowest BCUT2D eigenvalue weighted by atomic mass is 10.0. The van der Waals surface area contributed by atoms with Crippen LogP contribution in [-0.2, 0) is 0 Å². The predicted octanol–water partition coefficient (Wildman–Crippen LogP) is 8.83. The van der Waals surface area contributed by atoms with E-state index in [4.69, 9.17) is 9.72 Å². The summed E-state index contributed by atoms with van der Waals surface area (Å²) in [6.45, 7) is 4.17. The number of hydrogen-bond acceptors (Lipinski definition) is 3. The third kappa shape index (κ3) is 3.75. The molecule has 3 heterocycles. The summed E-state index contributed by atoms with van der Waals surface area (Å²) in [6.07, 6.45) is 3.70. The van der Waals surface area contributed by atoms with Crippen molar-refractivity contribution in [3.63, 3.8) is 0 Å². The van der Waals surface area contributed by atoms with Crippen molar-refractivity contribution in [2.45, 2.75) is 13.8 Å². The fraction of sp³-hybridized carbons (Fsp3) is 0.0667. The molecule has 0 fully saturated rings. The summed E-state index contributed by atoms with van der Waals surface area (Å²) in [5, 5.41) is 5.37. The van der Waals surface area contributed by atoms with Gasteiger partial charge in [-0.25, -0.2) is 4.98 Å². The minimum atomic E-state index is -0.698. The normalized spacial score (nSPS) is 11.8. The molecule has 6 rings (SSSR count). The third-order valence-corrected chi connectivity index (χ3v) is 8.51. The van der Waals surface area contributed by atoms with Gasteiger partial charge in [-0.05, 0) is 89.3 Å². The van der Waals surface area contributed by atoms with Gasteiger partial charge in [0.1, 0.15) is 5.75 Å². The topological polar surface area (TPSA) is 35.0 Å². The van der Waals surface area contributed by atoms with Gasteiger partial charge in [-0.15, -0.1) is 0 Å². The zero-order chi connectivity index (χ0) is 23.1. The van der Waals surface area contributed by atoms with E-state index in [1.165, 1.54) is 32.1 Å². The van der Waals surface area contributed by atoms with E-state index in [1.807, 2.05) is 37.4 Å². The molecule has 0 aliphatic carbocycles. The highest BCUT2D eigenvalue weighted by molar-refractivity contribution is 7.67. The number of ether oxygens (including phenoxy) is 1. The van der Waals surface area contributed by atoms with E-state index in [0.29, 0.717) is 5.88 Å². The van der Waals surface area contributed by atoms with Gasteiger partial charge in [0, 0.05) is 28.7 Å². The molecule has 0 aliphatic rings. The van der Waals surface area contributed by atoms with E-state index in [2.05, 4.69) is 78.6 Å². The molecule has 0 N–H and O–H groups in total. The summed E-state index contributed by atoms with van der Waals surface area (Å²) in [5.74, 6) is 1.39. The fourth-order valence-electron chi connectivity index (χ4n) is 4.46. The van der Waals surface area contributed by atoms with Crippen LogP contribution in [-0.4, -0.2) is 9.97 Å². The second-order valence-electron chi connectivity index (χ2n) is 8.58. The van der Waals surface area contributed by atoms with Gasteiger partial charge in [-0.2, -0.15) is 0 Å². The number of pyridine rings is 2. The van der Waals surface area contributed by atoms with Crippen LogP contribution in [0.15, 0.2) is 103 Å². The second-order valence-corrected chi connectivity index (χ2v) is 10.7. The molecule has 0 bridgehead atoms. The Kier molecular flexibility index (Phi) is 5.13. The molecule has 34 heavy (non-hydrogen) atoms. The number of aromatic nitrogens is 2. The molecule has 3 aromatic carbocycles. The van der Waals surface area contributed by atoms with Crippen LogP contribution < -0.4 is 4.74 Å². The monoisotopic (exact) mass is 458 g/mol. The van der Waals surface area contributed by atoms with E-state index in [-0.39, 0.29) is 0 Å². The molecule has 0 saturated heterocycles. The lowest BCUT2D eigenvalue weighted by Crippen LogP contribution is -1.88. The zero-order valence-electron chi connectivity index (χ0n) is 19.1. The number of fused-ring (bicyclic) bond motifs is 3. The van der Waals surface area contributed by atoms with Gasteiger partial charge in [-0.3, -0.25) is 4.98 Å². The summed E-state index contributed by atoms with van der Waals surface area (Å²) >= 11 is 0. The van der Waals surface area contributed by atoms with Gasteiger partial charge < -0.3 is 4.74 Å². The van der Waals surface area contributed by atoms with Crippen LogP contribution in [0.3, 0.4) is 0 Å². The first-order chi connectivity index (χ1) is 16.7. The van der Waals surface area contributed by atoms with Gasteiger partial charge in [0.05, 0.1) is 5.44 Å². The summed E-state index contributed by atoms with van der Waals surface area (Å²) < 4.78 is 6.05. The van der Waals surface area contributed by atoms with Crippen LogP contribution in [0, 0.1) is 13.8 Å².